The number of nitrogens with zero attached hydrogens (tertiary/aromatic N) is 3. The lowest BCUT2D eigenvalue weighted by Crippen LogP contribution is -2.45. The van der Waals surface area contributed by atoms with Crippen molar-refractivity contribution in [3.8, 4) is 10.6 Å². The molecule has 19 heavy (non-hydrogen) atoms. The van der Waals surface area contributed by atoms with Crippen molar-refractivity contribution in [2.45, 2.75) is 6.54 Å². The predicted molar refractivity (Wildman–Crippen MR) is 74.6 cm³/mol. The Kier molecular flexibility index (Phi) is 4.14. The van der Waals surface area contributed by atoms with E-state index in [0.29, 0.717) is 0 Å². The van der Waals surface area contributed by atoms with Gasteiger partial charge in [-0.3, -0.25) is 4.98 Å². The fraction of sp³-hybridized carbons (Fsp3) is 0.385. The van der Waals surface area contributed by atoms with Crippen LogP contribution in [-0.2, 0) is 11.3 Å². The maximum atomic E-state index is 5.31. The van der Waals surface area contributed by atoms with E-state index < -0.39 is 0 Å². The molecule has 1 N–H and O–H groups in total. The minimum atomic E-state index is 0.761. The number of rotatable bonds is 4. The van der Waals surface area contributed by atoms with E-state index in [4.69, 9.17) is 4.74 Å². The van der Waals surface area contributed by atoms with Crippen molar-refractivity contribution < 1.29 is 4.74 Å². The van der Waals surface area contributed by atoms with Gasteiger partial charge in [-0.15, -0.1) is 11.3 Å². The monoisotopic (exact) mass is 276 g/mol. The summed E-state index contributed by atoms with van der Waals surface area (Å²) in [5.74, 6) is 0. The average Bonchev–Trinajstić information content (AvgIpc) is 2.96. The lowest BCUT2D eigenvalue weighted by molar-refractivity contribution is 0.0105. The van der Waals surface area contributed by atoms with Crippen molar-refractivity contribution in [2.75, 3.05) is 26.3 Å². The standard InChI is InChI=1S/C13H16N4OS/c1-2-4-14-11(3-1)12-9-15-13(19-12)10-16-17-5-7-18-8-6-17/h1-4,9,16H,5-8,10H2. The van der Waals surface area contributed by atoms with Gasteiger partial charge in [-0.2, -0.15) is 0 Å². The summed E-state index contributed by atoms with van der Waals surface area (Å²) >= 11 is 1.68. The molecule has 2 aromatic heterocycles. The minimum Gasteiger partial charge on any atom is -0.379 e. The normalized spacial score (nSPS) is 16.6. The second kappa shape index (κ2) is 6.21. The van der Waals surface area contributed by atoms with Gasteiger partial charge < -0.3 is 4.74 Å². The molecule has 3 heterocycles. The Balaban J connectivity index is 1.59. The summed E-state index contributed by atoms with van der Waals surface area (Å²) in [7, 11) is 0. The zero-order valence-corrected chi connectivity index (χ0v) is 11.4. The highest BCUT2D eigenvalue weighted by Gasteiger charge is 2.11. The van der Waals surface area contributed by atoms with Crippen LogP contribution in [0.3, 0.4) is 0 Å². The Labute approximate surface area is 116 Å². The van der Waals surface area contributed by atoms with Crippen LogP contribution >= 0.6 is 11.3 Å². The molecule has 6 heteroatoms. The largest absolute Gasteiger partial charge is 0.379 e. The van der Waals surface area contributed by atoms with Gasteiger partial charge in [-0.05, 0) is 12.1 Å². The second-order valence-electron chi connectivity index (χ2n) is 4.27. The zero-order valence-electron chi connectivity index (χ0n) is 10.6. The smallest absolute Gasteiger partial charge is 0.108 e. The zero-order chi connectivity index (χ0) is 12.9. The van der Waals surface area contributed by atoms with Gasteiger partial charge in [0, 0.05) is 25.5 Å². The van der Waals surface area contributed by atoms with Crippen LogP contribution in [0.15, 0.2) is 30.6 Å². The van der Waals surface area contributed by atoms with Crippen molar-refractivity contribution in [2.24, 2.45) is 0 Å². The lowest BCUT2D eigenvalue weighted by atomic mass is 10.3. The quantitative estimate of drug-likeness (QED) is 0.918. The molecule has 5 nitrogen and oxygen atoms in total. The van der Waals surface area contributed by atoms with E-state index in [2.05, 4.69) is 20.4 Å². The number of hydrazine groups is 1. The first-order chi connectivity index (χ1) is 9.42. The van der Waals surface area contributed by atoms with Gasteiger partial charge in [0.15, 0.2) is 0 Å². The van der Waals surface area contributed by atoms with E-state index in [0.717, 1.165) is 48.4 Å². The average molecular weight is 276 g/mol. The number of aromatic nitrogens is 2. The van der Waals surface area contributed by atoms with Crippen molar-refractivity contribution in [1.29, 1.82) is 0 Å². The SMILES string of the molecule is c1ccc(-c2cnc(CNN3CCOCC3)s2)nc1. The molecule has 0 aliphatic carbocycles. The van der Waals surface area contributed by atoms with E-state index >= 15 is 0 Å². The van der Waals surface area contributed by atoms with Crippen molar-refractivity contribution >= 4 is 11.3 Å². The van der Waals surface area contributed by atoms with Crippen LogP contribution in [0.1, 0.15) is 5.01 Å². The Morgan fingerprint density at radius 3 is 2.95 bits per heavy atom. The van der Waals surface area contributed by atoms with Crippen LogP contribution in [0, 0.1) is 0 Å². The number of nitrogens with one attached hydrogen (secondary N) is 1. The number of hydrogen-bond donors (Lipinski definition) is 1. The summed E-state index contributed by atoms with van der Waals surface area (Å²) in [6.45, 7) is 4.21. The fourth-order valence-corrected chi connectivity index (χ4v) is 2.75. The number of thiazole rings is 1. The molecule has 0 unspecified atom stereocenters. The minimum absolute atomic E-state index is 0.761. The van der Waals surface area contributed by atoms with Gasteiger partial charge in [-0.1, -0.05) is 6.07 Å². The Morgan fingerprint density at radius 2 is 2.16 bits per heavy atom. The van der Waals surface area contributed by atoms with Gasteiger partial charge >= 0.3 is 0 Å². The third kappa shape index (κ3) is 3.36. The van der Waals surface area contributed by atoms with Crippen LogP contribution in [0.4, 0.5) is 0 Å². The first-order valence-corrected chi connectivity index (χ1v) is 7.16. The summed E-state index contributed by atoms with van der Waals surface area (Å²) in [6, 6.07) is 5.92. The van der Waals surface area contributed by atoms with Gasteiger partial charge in [0.1, 0.15) is 5.01 Å². The first kappa shape index (κ1) is 12.7. The third-order valence-electron chi connectivity index (χ3n) is 2.94. The molecule has 1 aliphatic rings. The predicted octanol–water partition coefficient (Wildman–Crippen LogP) is 1.54. The molecule has 1 saturated heterocycles. The van der Waals surface area contributed by atoms with E-state index in [9.17, 15) is 0 Å². The van der Waals surface area contributed by atoms with E-state index in [1.165, 1.54) is 0 Å². The molecule has 0 atom stereocenters. The number of morpholine rings is 1. The van der Waals surface area contributed by atoms with Crippen LogP contribution in [0.25, 0.3) is 10.6 Å². The Bertz CT molecular complexity index is 510. The van der Waals surface area contributed by atoms with Gasteiger partial charge in [0.2, 0.25) is 0 Å². The summed E-state index contributed by atoms with van der Waals surface area (Å²) in [4.78, 5) is 9.88. The van der Waals surface area contributed by atoms with E-state index in [1.807, 2.05) is 24.4 Å². The van der Waals surface area contributed by atoms with Gasteiger partial charge in [-0.25, -0.2) is 15.4 Å². The highest BCUT2D eigenvalue weighted by molar-refractivity contribution is 7.15. The second-order valence-corrected chi connectivity index (χ2v) is 5.38. The van der Waals surface area contributed by atoms with Gasteiger partial charge in [0.05, 0.1) is 30.3 Å². The van der Waals surface area contributed by atoms with Crippen molar-refractivity contribution in [1.82, 2.24) is 20.4 Å². The highest BCUT2D eigenvalue weighted by Crippen LogP contribution is 2.23. The van der Waals surface area contributed by atoms with Crippen LogP contribution in [0.2, 0.25) is 0 Å². The Morgan fingerprint density at radius 1 is 1.26 bits per heavy atom. The molecule has 3 rings (SSSR count). The summed E-state index contributed by atoms with van der Waals surface area (Å²) in [5, 5.41) is 3.26. The maximum absolute atomic E-state index is 5.31. The molecule has 2 aromatic rings. The molecular formula is C13H16N4OS. The first-order valence-electron chi connectivity index (χ1n) is 6.34. The molecule has 0 radical (unpaired) electrons. The number of pyridine rings is 1. The van der Waals surface area contributed by atoms with Crippen LogP contribution in [-0.4, -0.2) is 41.3 Å². The summed E-state index contributed by atoms with van der Waals surface area (Å²) < 4.78 is 5.31. The van der Waals surface area contributed by atoms with Gasteiger partial charge in [0.25, 0.3) is 0 Å². The van der Waals surface area contributed by atoms with Crippen molar-refractivity contribution in [3.63, 3.8) is 0 Å². The molecule has 0 bridgehead atoms. The summed E-state index contributed by atoms with van der Waals surface area (Å²) in [6.07, 6.45) is 3.70. The van der Waals surface area contributed by atoms with Crippen LogP contribution < -0.4 is 5.43 Å². The third-order valence-corrected chi connectivity index (χ3v) is 3.96. The lowest BCUT2D eigenvalue weighted by Gasteiger charge is -2.26. The molecular weight excluding hydrogens is 260 g/mol. The molecule has 100 valence electrons. The van der Waals surface area contributed by atoms with E-state index in [-0.39, 0.29) is 0 Å². The van der Waals surface area contributed by atoms with E-state index in [1.54, 1.807) is 17.5 Å². The molecule has 1 fully saturated rings. The molecule has 0 aromatic carbocycles. The fourth-order valence-electron chi connectivity index (χ4n) is 1.92. The molecule has 0 saturated carbocycles. The molecule has 0 spiro atoms. The highest BCUT2D eigenvalue weighted by atomic mass is 32.1. The topological polar surface area (TPSA) is 50.3 Å². The molecule has 1 aliphatic heterocycles. The molecule has 0 amide bonds. The maximum Gasteiger partial charge on any atom is 0.108 e. The summed E-state index contributed by atoms with van der Waals surface area (Å²) in [5.41, 5.74) is 4.37. The number of ether oxygens (including phenoxy) is 1. The number of hydrogen-bond acceptors (Lipinski definition) is 6. The van der Waals surface area contributed by atoms with Crippen molar-refractivity contribution in [3.05, 3.63) is 35.6 Å². The van der Waals surface area contributed by atoms with Crippen LogP contribution in [0.5, 0.6) is 0 Å². The Hall–Kier alpha value is -1.34.